The van der Waals surface area contributed by atoms with Crippen LogP contribution in [0.5, 0.6) is 11.5 Å². The third-order valence-corrected chi connectivity index (χ3v) is 14.4. The van der Waals surface area contributed by atoms with Crippen LogP contribution in [0.1, 0.15) is 105 Å². The normalized spacial score (nSPS) is 27.6. The van der Waals surface area contributed by atoms with Gasteiger partial charge in [0.2, 0.25) is 0 Å². The van der Waals surface area contributed by atoms with Gasteiger partial charge in [0.1, 0.15) is 36.5 Å². The maximum atomic E-state index is 14.6. The molecular weight excluding hydrogens is 783 g/mol. The van der Waals surface area contributed by atoms with E-state index in [9.17, 15) is 19.5 Å². The van der Waals surface area contributed by atoms with E-state index in [4.69, 9.17) is 33.7 Å². The predicted molar refractivity (Wildman–Crippen MR) is 230 cm³/mol. The average molecular weight is 848 g/mol. The molecule has 0 amide bonds. The third kappa shape index (κ3) is 9.85. The molecule has 13 heteroatoms. The number of nitrogens with zero attached hydrogens (tertiary/aromatic N) is 3. The maximum absolute atomic E-state index is 14.6. The van der Waals surface area contributed by atoms with Crippen molar-refractivity contribution in [2.45, 2.75) is 137 Å². The van der Waals surface area contributed by atoms with Gasteiger partial charge in [0.15, 0.2) is 5.78 Å². The lowest BCUT2D eigenvalue weighted by atomic mass is 9.77. The SMILES string of the molecule is CC[C@@H]1C[C@]1(CC(=O)[C@@H]1C[C@@H](Oc2cc(-c3csc(CC(C)C)n3)nc3cc(OCC(C)OC)ccc23)CN1[C@H](O)[C@@H](CC(=O)OC1C[C@@H]2C[C@@H]2C1)C(C)(C)C)C(=O)OC. The lowest BCUT2D eigenvalue weighted by Crippen LogP contribution is -2.51. The van der Waals surface area contributed by atoms with Gasteiger partial charge >= 0.3 is 11.9 Å². The Morgan fingerprint density at radius 1 is 1.00 bits per heavy atom. The van der Waals surface area contributed by atoms with Gasteiger partial charge in [0, 0.05) is 61.7 Å². The summed E-state index contributed by atoms with van der Waals surface area (Å²) in [5, 5.41) is 16.2. The second-order valence-electron chi connectivity index (χ2n) is 19.5. The van der Waals surface area contributed by atoms with Gasteiger partial charge in [0.05, 0.1) is 53.0 Å². The Kier molecular flexibility index (Phi) is 13.3. The number of likely N-dealkylation sites (tertiary alicyclic amines) is 1. The highest BCUT2D eigenvalue weighted by Crippen LogP contribution is 2.58. The number of fused-ring (bicyclic) bond motifs is 2. The molecule has 10 atom stereocenters. The van der Waals surface area contributed by atoms with Crippen LogP contribution in [-0.4, -0.2) is 95.6 Å². The van der Waals surface area contributed by atoms with Crippen molar-refractivity contribution in [1.82, 2.24) is 14.9 Å². The summed E-state index contributed by atoms with van der Waals surface area (Å²) in [6, 6.07) is 6.84. The number of hydrogen-bond donors (Lipinski definition) is 1. The first-order valence-corrected chi connectivity index (χ1v) is 22.9. The number of aliphatic hydroxyl groups excluding tert-OH is 1. The van der Waals surface area contributed by atoms with Gasteiger partial charge in [-0.3, -0.25) is 19.3 Å². The van der Waals surface area contributed by atoms with Gasteiger partial charge in [-0.05, 0) is 73.8 Å². The summed E-state index contributed by atoms with van der Waals surface area (Å²) in [4.78, 5) is 53.1. The number of ketones is 1. The molecule has 1 N–H and O–H groups in total. The van der Waals surface area contributed by atoms with Crippen molar-refractivity contribution in [3.8, 4) is 22.9 Å². The molecule has 0 spiro atoms. The lowest BCUT2D eigenvalue weighted by Gasteiger charge is -2.40. The van der Waals surface area contributed by atoms with Crippen LogP contribution < -0.4 is 9.47 Å². The Morgan fingerprint density at radius 3 is 2.40 bits per heavy atom. The molecule has 3 saturated carbocycles. The monoisotopic (exact) mass is 847 g/mol. The third-order valence-electron chi connectivity index (χ3n) is 13.5. The molecule has 12 nitrogen and oxygen atoms in total. The van der Waals surface area contributed by atoms with E-state index >= 15 is 0 Å². The molecule has 4 fully saturated rings. The number of ether oxygens (including phenoxy) is 5. The van der Waals surface area contributed by atoms with Gasteiger partial charge in [-0.25, -0.2) is 9.97 Å². The van der Waals surface area contributed by atoms with Gasteiger partial charge in [0.25, 0.3) is 0 Å². The first kappa shape index (κ1) is 44.4. The number of hydrogen-bond acceptors (Lipinski definition) is 13. The Hall–Kier alpha value is -3.65. The summed E-state index contributed by atoms with van der Waals surface area (Å²) in [6.45, 7) is 14.9. The van der Waals surface area contributed by atoms with Crippen molar-refractivity contribution in [2.24, 2.45) is 40.4 Å². The quantitative estimate of drug-likeness (QED) is 0.117. The van der Waals surface area contributed by atoms with Gasteiger partial charge in [-0.1, -0.05) is 48.0 Å². The van der Waals surface area contributed by atoms with Crippen molar-refractivity contribution in [2.75, 3.05) is 27.4 Å². The van der Waals surface area contributed by atoms with E-state index in [-0.39, 0.29) is 61.7 Å². The Labute approximate surface area is 359 Å². The molecule has 3 aromatic rings. The summed E-state index contributed by atoms with van der Waals surface area (Å²) in [6.07, 6.45) is 3.72. The number of Topliss-reactive ketones (excluding diaryl/α,β-unsaturated/α-hetero) is 1. The van der Waals surface area contributed by atoms with Gasteiger partial charge in [-0.15, -0.1) is 11.3 Å². The fraction of sp³-hybridized carbons (Fsp3) is 0.681. The van der Waals surface area contributed by atoms with E-state index in [0.29, 0.717) is 53.5 Å². The van der Waals surface area contributed by atoms with E-state index in [1.165, 1.54) is 13.5 Å². The van der Waals surface area contributed by atoms with Crippen LogP contribution in [0, 0.1) is 40.4 Å². The van der Waals surface area contributed by atoms with Crippen LogP contribution in [0.4, 0.5) is 0 Å². The highest BCUT2D eigenvalue weighted by Gasteiger charge is 2.62. The first-order chi connectivity index (χ1) is 28.5. The smallest absolute Gasteiger partial charge is 0.312 e. The second-order valence-corrected chi connectivity index (χ2v) is 20.4. The van der Waals surface area contributed by atoms with Crippen molar-refractivity contribution in [1.29, 1.82) is 0 Å². The van der Waals surface area contributed by atoms with E-state index in [1.807, 2.05) is 64.3 Å². The van der Waals surface area contributed by atoms with Crippen LogP contribution in [0.15, 0.2) is 29.6 Å². The minimum atomic E-state index is -1.17. The largest absolute Gasteiger partial charge is 0.491 e. The molecule has 3 aliphatic carbocycles. The van der Waals surface area contributed by atoms with Crippen molar-refractivity contribution in [3.63, 3.8) is 0 Å². The number of pyridine rings is 1. The molecular formula is C47H65N3O9S. The van der Waals surface area contributed by atoms with Crippen LogP contribution >= 0.6 is 11.3 Å². The summed E-state index contributed by atoms with van der Waals surface area (Å²) in [7, 11) is 3.02. The Balaban J connectivity index is 1.19. The molecule has 3 heterocycles. The number of carbonyl (C=O) groups excluding carboxylic acids is 3. The molecule has 4 aliphatic rings. The Bertz CT molecular complexity index is 2020. The number of aromatic nitrogens is 2. The number of rotatable bonds is 19. The number of aliphatic hydroxyl groups is 1. The molecule has 1 aliphatic heterocycles. The Morgan fingerprint density at radius 2 is 1.75 bits per heavy atom. The minimum Gasteiger partial charge on any atom is -0.491 e. The fourth-order valence-corrected chi connectivity index (χ4v) is 10.7. The second kappa shape index (κ2) is 18.0. The molecule has 1 saturated heterocycles. The topological polar surface area (TPSA) is 147 Å². The summed E-state index contributed by atoms with van der Waals surface area (Å²) >= 11 is 1.61. The standard InChI is InChI=1S/C47H65N3O9S/c1-10-30-21-47(30,45(54)56-9)22-40(51)39-18-33(23-50(39)44(53)35(46(5,6)7)19-43(52)59-32-15-28-14-29(28)16-32)58-41-20-37(38-25-60-42(49-38)13-26(2)3)48-36-17-31(11-12-34(36)41)57-24-27(4)55-8/h11-12,17,20,25-30,32-33,35,39,44,53H,10,13-16,18-19,21-24H2,1-9H3/t27?,28-,29+,30-,32?,33-,35-,39+,44-,47-/m1/s1. The van der Waals surface area contributed by atoms with Crippen LogP contribution in [0.3, 0.4) is 0 Å². The molecule has 60 heavy (non-hydrogen) atoms. The molecule has 0 bridgehead atoms. The number of thiazole rings is 1. The van der Waals surface area contributed by atoms with Gasteiger partial charge in [-0.2, -0.15) is 0 Å². The average Bonchev–Trinajstić information content (AvgIpc) is 3.87. The molecule has 1 aromatic carbocycles. The van der Waals surface area contributed by atoms with Crippen molar-refractivity contribution < 1.29 is 43.2 Å². The summed E-state index contributed by atoms with van der Waals surface area (Å²) < 4.78 is 29.6. The molecule has 0 radical (unpaired) electrons. The zero-order valence-electron chi connectivity index (χ0n) is 36.9. The number of benzene rings is 1. The van der Waals surface area contributed by atoms with Crippen LogP contribution in [0.2, 0.25) is 0 Å². The minimum absolute atomic E-state index is 0.0142. The summed E-state index contributed by atoms with van der Waals surface area (Å²) in [5.74, 6) is 1.68. The van der Waals surface area contributed by atoms with Crippen molar-refractivity contribution in [3.05, 3.63) is 34.7 Å². The summed E-state index contributed by atoms with van der Waals surface area (Å²) in [5.41, 5.74) is 0.675. The molecule has 328 valence electrons. The van der Waals surface area contributed by atoms with E-state index in [0.717, 1.165) is 41.8 Å². The van der Waals surface area contributed by atoms with Crippen LogP contribution in [-0.2, 0) is 35.0 Å². The lowest BCUT2D eigenvalue weighted by molar-refractivity contribution is -0.158. The molecule has 2 aromatic heterocycles. The molecule has 2 unspecified atom stereocenters. The zero-order valence-corrected chi connectivity index (χ0v) is 37.7. The molecule has 7 rings (SSSR count). The zero-order chi connectivity index (χ0) is 43.1. The number of carbonyl (C=O) groups is 3. The highest BCUT2D eigenvalue weighted by molar-refractivity contribution is 7.09. The van der Waals surface area contributed by atoms with E-state index < -0.39 is 35.1 Å². The van der Waals surface area contributed by atoms with Crippen LogP contribution in [0.25, 0.3) is 22.3 Å². The maximum Gasteiger partial charge on any atom is 0.312 e. The highest BCUT2D eigenvalue weighted by atomic mass is 32.1. The predicted octanol–water partition coefficient (Wildman–Crippen LogP) is 8.05. The fourth-order valence-electron chi connectivity index (χ4n) is 9.69. The number of esters is 2. The first-order valence-electron chi connectivity index (χ1n) is 22.0. The van der Waals surface area contributed by atoms with Gasteiger partial charge < -0.3 is 28.8 Å². The number of methoxy groups -OCH3 is 2. The van der Waals surface area contributed by atoms with Crippen molar-refractivity contribution >= 4 is 40.0 Å². The van der Waals surface area contributed by atoms with E-state index in [2.05, 4.69) is 13.8 Å². The van der Waals surface area contributed by atoms with E-state index in [1.54, 1.807) is 23.3 Å².